The normalized spacial score (nSPS) is 26.8. The van der Waals surface area contributed by atoms with E-state index in [0.717, 1.165) is 6.42 Å². The zero-order chi connectivity index (χ0) is 14.0. The molecule has 0 saturated heterocycles. The van der Waals surface area contributed by atoms with E-state index in [4.69, 9.17) is 21.1 Å². The maximum Gasteiger partial charge on any atom is 0.175 e. The highest BCUT2D eigenvalue weighted by atomic mass is 35.5. The van der Waals surface area contributed by atoms with E-state index in [9.17, 15) is 8.42 Å². The first kappa shape index (κ1) is 14.6. The minimum atomic E-state index is -3.17. The van der Waals surface area contributed by atoms with Crippen molar-refractivity contribution in [3.8, 4) is 5.75 Å². The van der Waals surface area contributed by atoms with E-state index in [-0.39, 0.29) is 22.5 Å². The van der Waals surface area contributed by atoms with Gasteiger partial charge in [0.15, 0.2) is 9.84 Å². The summed E-state index contributed by atoms with van der Waals surface area (Å²) in [6.07, 6.45) is 1.76. The third-order valence-electron chi connectivity index (χ3n) is 3.08. The Hall–Kier alpha value is -0.780. The first-order chi connectivity index (χ1) is 8.91. The quantitative estimate of drug-likeness (QED) is 0.783. The molecule has 0 amide bonds. The summed E-state index contributed by atoms with van der Waals surface area (Å²) in [6, 6.07) is 6.39. The summed E-state index contributed by atoms with van der Waals surface area (Å²) < 4.78 is 33.9. The maximum atomic E-state index is 11.3. The number of sulfone groups is 1. The second kappa shape index (κ2) is 5.69. The molecule has 4 nitrogen and oxygen atoms in total. The van der Waals surface area contributed by atoms with Crippen molar-refractivity contribution >= 4 is 21.4 Å². The molecule has 3 atom stereocenters. The second-order valence-electron chi connectivity index (χ2n) is 4.57. The molecular formula is C13H17ClO4S. The van der Waals surface area contributed by atoms with Gasteiger partial charge in [-0.25, -0.2) is 8.42 Å². The summed E-state index contributed by atoms with van der Waals surface area (Å²) >= 11 is 6.06. The van der Waals surface area contributed by atoms with Crippen LogP contribution in [0.1, 0.15) is 13.3 Å². The van der Waals surface area contributed by atoms with Crippen molar-refractivity contribution in [2.24, 2.45) is 0 Å². The molecule has 0 radical (unpaired) electrons. The van der Waals surface area contributed by atoms with E-state index < -0.39 is 9.84 Å². The SMILES string of the molecule is CCOC1C(Cl)CC1Oc1ccc(S(C)(=O)=O)cc1. The van der Waals surface area contributed by atoms with Gasteiger partial charge in [0.1, 0.15) is 18.0 Å². The highest BCUT2D eigenvalue weighted by Crippen LogP contribution is 2.33. The molecule has 0 N–H and O–H groups in total. The van der Waals surface area contributed by atoms with Crippen molar-refractivity contribution in [1.29, 1.82) is 0 Å². The van der Waals surface area contributed by atoms with Crippen LogP contribution in [0.5, 0.6) is 5.75 Å². The van der Waals surface area contributed by atoms with Gasteiger partial charge in [0.25, 0.3) is 0 Å². The fourth-order valence-electron chi connectivity index (χ4n) is 1.99. The zero-order valence-electron chi connectivity index (χ0n) is 10.9. The number of rotatable bonds is 5. The molecule has 6 heteroatoms. The van der Waals surface area contributed by atoms with Gasteiger partial charge in [-0.1, -0.05) is 0 Å². The Kier molecular flexibility index (Phi) is 4.38. The Morgan fingerprint density at radius 1 is 1.32 bits per heavy atom. The fourth-order valence-corrected chi connectivity index (χ4v) is 3.03. The minimum Gasteiger partial charge on any atom is -0.488 e. The second-order valence-corrected chi connectivity index (χ2v) is 7.15. The number of hydrogen-bond donors (Lipinski definition) is 0. The molecular weight excluding hydrogens is 288 g/mol. The largest absolute Gasteiger partial charge is 0.488 e. The Labute approximate surface area is 118 Å². The molecule has 106 valence electrons. The smallest absolute Gasteiger partial charge is 0.175 e. The third-order valence-corrected chi connectivity index (χ3v) is 4.63. The van der Waals surface area contributed by atoms with E-state index in [1.165, 1.54) is 18.4 Å². The molecule has 1 aliphatic carbocycles. The van der Waals surface area contributed by atoms with Gasteiger partial charge in [-0.15, -0.1) is 11.6 Å². The van der Waals surface area contributed by atoms with Crippen LogP contribution in [-0.2, 0) is 14.6 Å². The van der Waals surface area contributed by atoms with Crippen molar-refractivity contribution in [3.05, 3.63) is 24.3 Å². The van der Waals surface area contributed by atoms with E-state index >= 15 is 0 Å². The van der Waals surface area contributed by atoms with E-state index in [1.807, 2.05) is 6.92 Å². The number of hydrogen-bond acceptors (Lipinski definition) is 4. The van der Waals surface area contributed by atoms with Gasteiger partial charge in [-0.2, -0.15) is 0 Å². The van der Waals surface area contributed by atoms with Gasteiger partial charge < -0.3 is 9.47 Å². The Bertz CT molecular complexity index is 526. The molecule has 1 aromatic carbocycles. The lowest BCUT2D eigenvalue weighted by Crippen LogP contribution is -2.52. The van der Waals surface area contributed by atoms with E-state index in [1.54, 1.807) is 12.1 Å². The van der Waals surface area contributed by atoms with Crippen molar-refractivity contribution in [2.45, 2.75) is 35.8 Å². The van der Waals surface area contributed by atoms with Crippen molar-refractivity contribution < 1.29 is 17.9 Å². The van der Waals surface area contributed by atoms with Crippen LogP contribution in [0.4, 0.5) is 0 Å². The summed E-state index contributed by atoms with van der Waals surface area (Å²) in [6.45, 7) is 2.51. The van der Waals surface area contributed by atoms with Crippen molar-refractivity contribution in [3.63, 3.8) is 0 Å². The Morgan fingerprint density at radius 3 is 2.42 bits per heavy atom. The predicted molar refractivity (Wildman–Crippen MR) is 73.6 cm³/mol. The first-order valence-electron chi connectivity index (χ1n) is 6.14. The Morgan fingerprint density at radius 2 is 1.95 bits per heavy atom. The molecule has 19 heavy (non-hydrogen) atoms. The highest BCUT2D eigenvalue weighted by Gasteiger charge is 2.42. The summed E-state index contributed by atoms with van der Waals surface area (Å²) in [4.78, 5) is 0.282. The van der Waals surface area contributed by atoms with Gasteiger partial charge in [0.05, 0.1) is 10.3 Å². The molecule has 1 aromatic rings. The molecule has 2 rings (SSSR count). The molecule has 0 bridgehead atoms. The molecule has 1 saturated carbocycles. The lowest BCUT2D eigenvalue weighted by atomic mass is 9.91. The predicted octanol–water partition coefficient (Wildman–Crippen LogP) is 2.25. The Balaban J connectivity index is 2.01. The molecule has 3 unspecified atom stereocenters. The van der Waals surface area contributed by atoms with Crippen LogP contribution >= 0.6 is 11.6 Å². The van der Waals surface area contributed by atoms with Crippen LogP contribution in [0, 0.1) is 0 Å². The van der Waals surface area contributed by atoms with Gasteiger partial charge in [0.2, 0.25) is 0 Å². The molecule has 1 fully saturated rings. The van der Waals surface area contributed by atoms with Crippen LogP contribution < -0.4 is 4.74 Å². The van der Waals surface area contributed by atoms with Crippen LogP contribution in [0.15, 0.2) is 29.2 Å². The summed E-state index contributed by atoms with van der Waals surface area (Å²) in [5, 5.41) is -0.0137. The average molecular weight is 305 g/mol. The molecule has 0 aliphatic heterocycles. The maximum absolute atomic E-state index is 11.3. The number of ether oxygens (including phenoxy) is 2. The molecule has 1 aliphatic rings. The lowest BCUT2D eigenvalue weighted by Gasteiger charge is -2.40. The highest BCUT2D eigenvalue weighted by molar-refractivity contribution is 7.90. The van der Waals surface area contributed by atoms with Crippen LogP contribution in [0.3, 0.4) is 0 Å². The van der Waals surface area contributed by atoms with Crippen LogP contribution in [0.2, 0.25) is 0 Å². The third kappa shape index (κ3) is 3.41. The van der Waals surface area contributed by atoms with Crippen LogP contribution in [0.25, 0.3) is 0 Å². The topological polar surface area (TPSA) is 52.6 Å². The monoisotopic (exact) mass is 304 g/mol. The number of halogens is 1. The molecule has 0 spiro atoms. The fraction of sp³-hybridized carbons (Fsp3) is 0.538. The van der Waals surface area contributed by atoms with Crippen LogP contribution in [-0.4, -0.2) is 38.9 Å². The average Bonchev–Trinajstić information content (AvgIpc) is 2.35. The molecule has 0 aromatic heterocycles. The number of benzene rings is 1. The standard InChI is InChI=1S/C13H17ClO4S/c1-3-17-13-11(14)8-12(13)18-9-4-6-10(7-5-9)19(2,15)16/h4-7,11-13H,3,8H2,1-2H3. The van der Waals surface area contributed by atoms with Gasteiger partial charge in [-0.3, -0.25) is 0 Å². The van der Waals surface area contributed by atoms with E-state index in [0.29, 0.717) is 12.4 Å². The minimum absolute atomic E-state index is 0.0137. The summed E-state index contributed by atoms with van der Waals surface area (Å²) in [5.41, 5.74) is 0. The summed E-state index contributed by atoms with van der Waals surface area (Å²) in [7, 11) is -3.17. The van der Waals surface area contributed by atoms with Gasteiger partial charge >= 0.3 is 0 Å². The van der Waals surface area contributed by atoms with Gasteiger partial charge in [-0.05, 0) is 31.2 Å². The van der Waals surface area contributed by atoms with Crippen molar-refractivity contribution in [1.82, 2.24) is 0 Å². The first-order valence-corrected chi connectivity index (χ1v) is 8.47. The number of alkyl halides is 1. The van der Waals surface area contributed by atoms with E-state index in [2.05, 4.69) is 0 Å². The van der Waals surface area contributed by atoms with Crippen molar-refractivity contribution in [2.75, 3.05) is 12.9 Å². The molecule has 0 heterocycles. The summed E-state index contributed by atoms with van der Waals surface area (Å²) in [5.74, 6) is 0.630. The zero-order valence-corrected chi connectivity index (χ0v) is 12.4. The van der Waals surface area contributed by atoms with Gasteiger partial charge in [0, 0.05) is 19.3 Å². The lowest BCUT2D eigenvalue weighted by molar-refractivity contribution is -0.0759.